The molecule has 3 N–H and O–H groups in total. The van der Waals surface area contributed by atoms with Crippen molar-refractivity contribution in [3.8, 4) is 0 Å². The van der Waals surface area contributed by atoms with Crippen LogP contribution in [0.5, 0.6) is 0 Å². The average Bonchev–Trinajstić information content (AvgIpc) is 2.88. The van der Waals surface area contributed by atoms with Crippen LogP contribution < -0.4 is 10.6 Å². The van der Waals surface area contributed by atoms with Gasteiger partial charge in [0.1, 0.15) is 5.82 Å². The third kappa shape index (κ3) is 3.16. The number of carboxylic acid groups (broad SMARTS) is 1. The van der Waals surface area contributed by atoms with E-state index in [1.54, 1.807) is 6.92 Å². The molecular weight excluding hydrogens is 256 g/mol. The molecule has 1 fully saturated rings. The highest BCUT2D eigenvalue weighted by molar-refractivity contribution is 7.09. The second-order valence-corrected chi connectivity index (χ2v) is 5.04. The van der Waals surface area contributed by atoms with Crippen LogP contribution in [0.2, 0.25) is 0 Å². The lowest BCUT2D eigenvalue weighted by Crippen LogP contribution is -2.36. The molecule has 98 valence electrons. The van der Waals surface area contributed by atoms with Gasteiger partial charge >= 0.3 is 12.0 Å². The zero-order valence-corrected chi connectivity index (χ0v) is 10.7. The molecule has 1 aromatic rings. The number of aliphatic carboxylic acids is 1. The SMILES string of the molecule is Cc1nsc(NC(=O)NC2CCC(C(=O)O)C2)n1. The van der Waals surface area contributed by atoms with E-state index in [9.17, 15) is 9.59 Å². The number of rotatable bonds is 3. The topological polar surface area (TPSA) is 104 Å². The summed E-state index contributed by atoms with van der Waals surface area (Å²) in [4.78, 5) is 26.4. The molecule has 2 atom stereocenters. The number of urea groups is 1. The average molecular weight is 270 g/mol. The minimum atomic E-state index is -0.792. The Morgan fingerprint density at radius 1 is 1.44 bits per heavy atom. The van der Waals surface area contributed by atoms with E-state index in [1.807, 2.05) is 0 Å². The Morgan fingerprint density at radius 2 is 2.22 bits per heavy atom. The van der Waals surface area contributed by atoms with Crippen LogP contribution in [0.3, 0.4) is 0 Å². The number of hydrogen-bond donors (Lipinski definition) is 3. The van der Waals surface area contributed by atoms with Gasteiger partial charge in [-0.1, -0.05) is 0 Å². The Labute approximate surface area is 108 Å². The first-order chi connectivity index (χ1) is 8.54. The molecule has 1 aromatic heterocycles. The monoisotopic (exact) mass is 270 g/mol. The Bertz CT molecular complexity index is 462. The van der Waals surface area contributed by atoms with Gasteiger partial charge in [-0.15, -0.1) is 0 Å². The number of hydrogen-bond acceptors (Lipinski definition) is 5. The van der Waals surface area contributed by atoms with Gasteiger partial charge < -0.3 is 10.4 Å². The van der Waals surface area contributed by atoms with Crippen molar-refractivity contribution in [2.24, 2.45) is 5.92 Å². The number of nitrogens with one attached hydrogen (secondary N) is 2. The Kier molecular flexibility index (Phi) is 3.75. The molecule has 0 aliphatic heterocycles. The molecule has 2 unspecified atom stereocenters. The van der Waals surface area contributed by atoms with E-state index in [-0.39, 0.29) is 18.0 Å². The van der Waals surface area contributed by atoms with Gasteiger partial charge in [-0.3, -0.25) is 10.1 Å². The fourth-order valence-electron chi connectivity index (χ4n) is 2.00. The highest BCUT2D eigenvalue weighted by Gasteiger charge is 2.30. The minimum Gasteiger partial charge on any atom is -0.481 e. The first-order valence-electron chi connectivity index (χ1n) is 5.65. The standard InChI is InChI=1S/C10H14N4O3S/c1-5-11-10(18-14-5)13-9(17)12-7-3-2-6(4-7)8(15)16/h6-7H,2-4H2,1H3,(H,15,16)(H2,11,12,13,14,17). The van der Waals surface area contributed by atoms with Crippen LogP contribution >= 0.6 is 11.5 Å². The van der Waals surface area contributed by atoms with Gasteiger partial charge in [-0.05, 0) is 26.2 Å². The number of nitrogens with zero attached hydrogens (tertiary/aromatic N) is 2. The molecule has 0 bridgehead atoms. The fraction of sp³-hybridized carbons (Fsp3) is 0.600. The summed E-state index contributed by atoms with van der Waals surface area (Å²) < 4.78 is 3.95. The lowest BCUT2D eigenvalue weighted by molar-refractivity contribution is -0.141. The number of carboxylic acids is 1. The van der Waals surface area contributed by atoms with Gasteiger partial charge in [-0.2, -0.15) is 4.37 Å². The number of aryl methyl sites for hydroxylation is 1. The maximum atomic E-state index is 11.6. The molecule has 1 aliphatic rings. The quantitative estimate of drug-likeness (QED) is 0.766. The van der Waals surface area contributed by atoms with Gasteiger partial charge in [0, 0.05) is 17.6 Å². The second kappa shape index (κ2) is 5.30. The molecule has 1 saturated carbocycles. The number of aromatic nitrogens is 2. The summed E-state index contributed by atoms with van der Waals surface area (Å²) in [6, 6.07) is -0.442. The minimum absolute atomic E-state index is 0.0832. The van der Waals surface area contributed by atoms with Crippen molar-refractivity contribution < 1.29 is 14.7 Å². The van der Waals surface area contributed by atoms with Crippen molar-refractivity contribution in [1.82, 2.24) is 14.7 Å². The third-order valence-corrected chi connectivity index (χ3v) is 3.59. The molecular formula is C10H14N4O3S. The zero-order valence-electron chi connectivity index (χ0n) is 9.84. The van der Waals surface area contributed by atoms with Crippen LogP contribution in [-0.2, 0) is 4.79 Å². The van der Waals surface area contributed by atoms with Crippen LogP contribution in [0.25, 0.3) is 0 Å². The van der Waals surface area contributed by atoms with E-state index in [4.69, 9.17) is 5.11 Å². The van der Waals surface area contributed by atoms with E-state index in [1.165, 1.54) is 0 Å². The summed E-state index contributed by atoms with van der Waals surface area (Å²) >= 11 is 1.11. The van der Waals surface area contributed by atoms with E-state index in [0.29, 0.717) is 30.2 Å². The Balaban J connectivity index is 1.80. The molecule has 0 aromatic carbocycles. The predicted octanol–water partition coefficient (Wildman–Crippen LogP) is 1.22. The van der Waals surface area contributed by atoms with Crippen molar-refractivity contribution in [2.45, 2.75) is 32.2 Å². The summed E-state index contributed by atoms with van der Waals surface area (Å²) in [5.41, 5.74) is 0. The van der Waals surface area contributed by atoms with Crippen molar-refractivity contribution in [3.63, 3.8) is 0 Å². The largest absolute Gasteiger partial charge is 0.481 e. The van der Waals surface area contributed by atoms with Crippen LogP contribution in [0.4, 0.5) is 9.93 Å². The third-order valence-electron chi connectivity index (χ3n) is 2.87. The predicted molar refractivity (Wildman–Crippen MR) is 65.6 cm³/mol. The van der Waals surface area contributed by atoms with Crippen LogP contribution in [0.15, 0.2) is 0 Å². The summed E-state index contributed by atoms with van der Waals surface area (Å²) in [6.07, 6.45) is 1.79. The molecule has 2 rings (SSSR count). The number of carbonyl (C=O) groups is 2. The van der Waals surface area contributed by atoms with Gasteiger partial charge in [0.05, 0.1) is 5.92 Å². The van der Waals surface area contributed by atoms with Gasteiger partial charge in [0.2, 0.25) is 5.13 Å². The lowest BCUT2D eigenvalue weighted by atomic mass is 10.1. The highest BCUT2D eigenvalue weighted by Crippen LogP contribution is 2.25. The summed E-state index contributed by atoms with van der Waals surface area (Å²) in [5.74, 6) is -0.527. The van der Waals surface area contributed by atoms with Crippen LogP contribution in [0.1, 0.15) is 25.1 Å². The van der Waals surface area contributed by atoms with E-state index >= 15 is 0 Å². The normalized spacial score (nSPS) is 22.7. The molecule has 8 heteroatoms. The first-order valence-corrected chi connectivity index (χ1v) is 6.42. The molecule has 0 spiro atoms. The lowest BCUT2D eigenvalue weighted by Gasteiger charge is -2.11. The first kappa shape index (κ1) is 12.7. The molecule has 7 nitrogen and oxygen atoms in total. The molecule has 0 radical (unpaired) electrons. The Hall–Kier alpha value is -1.70. The molecule has 1 aliphatic carbocycles. The van der Waals surface area contributed by atoms with Crippen LogP contribution in [-0.4, -0.2) is 32.5 Å². The van der Waals surface area contributed by atoms with E-state index in [2.05, 4.69) is 20.0 Å². The van der Waals surface area contributed by atoms with Crippen LogP contribution in [0, 0.1) is 12.8 Å². The van der Waals surface area contributed by atoms with Gasteiger partial charge in [0.25, 0.3) is 0 Å². The van der Waals surface area contributed by atoms with E-state index < -0.39 is 5.97 Å². The molecule has 1 heterocycles. The second-order valence-electron chi connectivity index (χ2n) is 4.29. The highest BCUT2D eigenvalue weighted by atomic mass is 32.1. The van der Waals surface area contributed by atoms with Crippen molar-refractivity contribution in [1.29, 1.82) is 0 Å². The fourth-order valence-corrected chi connectivity index (χ4v) is 2.57. The van der Waals surface area contributed by atoms with Crippen molar-refractivity contribution in [3.05, 3.63) is 5.82 Å². The van der Waals surface area contributed by atoms with E-state index in [0.717, 1.165) is 11.5 Å². The molecule has 0 saturated heterocycles. The summed E-state index contributed by atoms with van der Waals surface area (Å²) in [5, 5.41) is 14.6. The van der Waals surface area contributed by atoms with Gasteiger partial charge in [0.15, 0.2) is 0 Å². The number of anilines is 1. The van der Waals surface area contributed by atoms with Gasteiger partial charge in [-0.25, -0.2) is 9.78 Å². The number of amides is 2. The maximum Gasteiger partial charge on any atom is 0.321 e. The smallest absolute Gasteiger partial charge is 0.321 e. The molecule has 2 amide bonds. The zero-order chi connectivity index (χ0) is 13.1. The summed E-state index contributed by atoms with van der Waals surface area (Å²) in [7, 11) is 0. The maximum absolute atomic E-state index is 11.6. The Morgan fingerprint density at radius 3 is 2.78 bits per heavy atom. The van der Waals surface area contributed by atoms with Crippen molar-refractivity contribution >= 4 is 28.7 Å². The number of carbonyl (C=O) groups excluding carboxylic acids is 1. The van der Waals surface area contributed by atoms with Crippen molar-refractivity contribution in [2.75, 3.05) is 5.32 Å². The summed E-state index contributed by atoms with van der Waals surface area (Å²) in [6.45, 7) is 1.74. The molecule has 18 heavy (non-hydrogen) atoms.